The summed E-state index contributed by atoms with van der Waals surface area (Å²) >= 11 is 5.88. The number of carbonyl (C=O) groups excluding carboxylic acids is 3. The average Bonchev–Trinajstić information content (AvgIpc) is 2.80. The van der Waals surface area contributed by atoms with Crippen LogP contribution < -0.4 is 4.74 Å². The van der Waals surface area contributed by atoms with E-state index in [0.29, 0.717) is 22.1 Å². The predicted molar refractivity (Wildman–Crippen MR) is 124 cm³/mol. The van der Waals surface area contributed by atoms with Gasteiger partial charge in [-0.1, -0.05) is 44.5 Å². The number of hydrogen-bond acceptors (Lipinski definition) is 8. The monoisotopic (exact) mass is 492 g/mol. The minimum Gasteiger partial charge on any atom is -0.457 e. The zero-order valence-corrected chi connectivity index (χ0v) is 20.4. The number of carbonyl (C=O) groups is 3. The summed E-state index contributed by atoms with van der Waals surface area (Å²) in [5, 5.41) is 11.8. The Hall–Kier alpha value is -3.10. The van der Waals surface area contributed by atoms with Crippen LogP contribution in [0.2, 0.25) is 5.02 Å². The van der Waals surface area contributed by atoms with Gasteiger partial charge in [0.05, 0.1) is 5.60 Å². The van der Waals surface area contributed by atoms with Gasteiger partial charge in [0.1, 0.15) is 17.9 Å². The van der Waals surface area contributed by atoms with Gasteiger partial charge in [-0.25, -0.2) is 0 Å². The minimum atomic E-state index is -2.42. The Balaban J connectivity index is 2.32. The first-order valence-electron chi connectivity index (χ1n) is 10.9. The van der Waals surface area contributed by atoms with Crippen molar-refractivity contribution in [1.82, 2.24) is 0 Å². The summed E-state index contributed by atoms with van der Waals surface area (Å²) in [6, 6.07) is 13.3. The maximum absolute atomic E-state index is 12.1. The van der Waals surface area contributed by atoms with Crippen molar-refractivity contribution in [3.05, 3.63) is 59.1 Å². The van der Waals surface area contributed by atoms with Crippen molar-refractivity contribution >= 4 is 29.5 Å². The van der Waals surface area contributed by atoms with Gasteiger partial charge in [0.2, 0.25) is 0 Å². The highest BCUT2D eigenvalue weighted by Crippen LogP contribution is 2.36. The summed E-state index contributed by atoms with van der Waals surface area (Å²) in [7, 11) is 0. The van der Waals surface area contributed by atoms with Crippen LogP contribution in [-0.4, -0.2) is 29.0 Å². The fourth-order valence-electron chi connectivity index (χ4n) is 2.95. The molecular formula is C25H29ClO8. The van der Waals surface area contributed by atoms with Crippen LogP contribution in [0.3, 0.4) is 0 Å². The van der Waals surface area contributed by atoms with Crippen molar-refractivity contribution in [3.63, 3.8) is 0 Å². The first-order chi connectivity index (χ1) is 16.0. The average molecular weight is 493 g/mol. The van der Waals surface area contributed by atoms with Crippen molar-refractivity contribution < 1.29 is 38.4 Å². The topological polar surface area (TPSA) is 108 Å². The quantitative estimate of drug-likeness (QED) is 0.335. The molecule has 34 heavy (non-hydrogen) atoms. The number of aliphatic hydroxyl groups is 1. The Morgan fingerprint density at radius 1 is 0.765 bits per heavy atom. The molecule has 184 valence electrons. The molecular weight excluding hydrogens is 464 g/mol. The SMILES string of the molecule is CCC(=O)OC(CC(C)(O)c1ccc(Oc2ccc(Cl)cc2)cc1)(OC(=O)CC)OC(=O)CC. The molecule has 8 nitrogen and oxygen atoms in total. The van der Waals surface area contributed by atoms with Gasteiger partial charge in [0.25, 0.3) is 0 Å². The molecule has 1 unspecified atom stereocenters. The number of ether oxygens (including phenoxy) is 4. The molecule has 0 aliphatic heterocycles. The highest BCUT2D eigenvalue weighted by atomic mass is 35.5. The summed E-state index contributed by atoms with van der Waals surface area (Å²) < 4.78 is 21.6. The van der Waals surface area contributed by atoms with Crippen molar-refractivity contribution in [2.75, 3.05) is 0 Å². The number of esters is 3. The molecule has 2 aromatic carbocycles. The lowest BCUT2D eigenvalue weighted by Gasteiger charge is -2.36. The van der Waals surface area contributed by atoms with Gasteiger partial charge < -0.3 is 24.1 Å². The van der Waals surface area contributed by atoms with Crippen LogP contribution in [0.4, 0.5) is 0 Å². The van der Waals surface area contributed by atoms with Gasteiger partial charge in [-0.05, 0) is 48.9 Å². The number of benzene rings is 2. The van der Waals surface area contributed by atoms with E-state index in [1.54, 1.807) is 48.5 Å². The summed E-state index contributed by atoms with van der Waals surface area (Å²) in [5.74, 6) is -3.65. The molecule has 2 rings (SSSR count). The Morgan fingerprint density at radius 2 is 1.15 bits per heavy atom. The van der Waals surface area contributed by atoms with Crippen molar-refractivity contribution in [3.8, 4) is 11.5 Å². The van der Waals surface area contributed by atoms with Crippen LogP contribution >= 0.6 is 11.6 Å². The van der Waals surface area contributed by atoms with E-state index in [1.807, 2.05) is 0 Å². The van der Waals surface area contributed by atoms with Crippen LogP contribution in [-0.2, 0) is 34.2 Å². The lowest BCUT2D eigenvalue weighted by atomic mass is 9.91. The van der Waals surface area contributed by atoms with Gasteiger partial charge >= 0.3 is 23.9 Å². The van der Waals surface area contributed by atoms with Gasteiger partial charge in [-0.15, -0.1) is 0 Å². The van der Waals surface area contributed by atoms with Gasteiger partial charge in [-0.3, -0.25) is 14.4 Å². The van der Waals surface area contributed by atoms with Crippen LogP contribution in [0.1, 0.15) is 58.9 Å². The molecule has 0 fully saturated rings. The Labute approximate surface area is 203 Å². The van der Waals surface area contributed by atoms with Crippen LogP contribution in [0.25, 0.3) is 0 Å². The number of rotatable bonds is 11. The minimum absolute atomic E-state index is 0.0615. The summed E-state index contributed by atoms with van der Waals surface area (Å²) in [6.07, 6.45) is -0.726. The standard InChI is InChI=1S/C25H29ClO8/c1-5-21(27)32-25(33-22(28)6-2,34-23(29)7-3)16-24(4,30)17-8-12-19(13-9-17)31-20-14-10-18(26)11-15-20/h8-15,30H,5-7,16H2,1-4H3. The third kappa shape index (κ3) is 7.74. The van der Waals surface area contributed by atoms with E-state index in [0.717, 1.165) is 0 Å². The van der Waals surface area contributed by atoms with E-state index >= 15 is 0 Å². The van der Waals surface area contributed by atoms with Gasteiger partial charge in [-0.2, -0.15) is 0 Å². The molecule has 1 N–H and O–H groups in total. The largest absolute Gasteiger partial charge is 0.457 e. The third-order valence-electron chi connectivity index (χ3n) is 4.76. The Morgan fingerprint density at radius 3 is 1.53 bits per heavy atom. The van der Waals surface area contributed by atoms with Gasteiger partial charge in [0, 0.05) is 24.3 Å². The lowest BCUT2D eigenvalue weighted by molar-refractivity contribution is -0.344. The fourth-order valence-corrected chi connectivity index (χ4v) is 3.08. The molecule has 0 heterocycles. The van der Waals surface area contributed by atoms with Crippen LogP contribution in [0, 0.1) is 0 Å². The molecule has 0 saturated heterocycles. The molecule has 0 bridgehead atoms. The highest BCUT2D eigenvalue weighted by molar-refractivity contribution is 6.30. The number of hydrogen-bond donors (Lipinski definition) is 1. The van der Waals surface area contributed by atoms with E-state index in [9.17, 15) is 19.5 Å². The van der Waals surface area contributed by atoms with E-state index < -0.39 is 35.9 Å². The zero-order chi connectivity index (χ0) is 25.4. The first-order valence-corrected chi connectivity index (χ1v) is 11.3. The predicted octanol–water partition coefficient (Wildman–Crippen LogP) is 5.24. The second-order valence-electron chi connectivity index (χ2n) is 7.70. The molecule has 0 aromatic heterocycles. The Kier molecular flexibility index (Phi) is 9.46. The third-order valence-corrected chi connectivity index (χ3v) is 5.01. The summed E-state index contributed by atoms with van der Waals surface area (Å²) in [6.45, 7) is 6.03. The summed E-state index contributed by atoms with van der Waals surface area (Å²) in [4.78, 5) is 36.4. The molecule has 2 aromatic rings. The molecule has 1 atom stereocenters. The van der Waals surface area contributed by atoms with Crippen molar-refractivity contribution in [2.24, 2.45) is 0 Å². The first kappa shape index (κ1) is 27.1. The molecule has 0 amide bonds. The van der Waals surface area contributed by atoms with E-state index in [4.69, 9.17) is 30.5 Å². The highest BCUT2D eigenvalue weighted by Gasteiger charge is 2.49. The number of halogens is 1. The maximum Gasteiger partial charge on any atom is 0.426 e. The summed E-state index contributed by atoms with van der Waals surface area (Å²) in [5.41, 5.74) is -1.34. The maximum atomic E-state index is 12.1. The molecule has 0 saturated carbocycles. The van der Waals surface area contributed by atoms with E-state index in [2.05, 4.69) is 0 Å². The normalized spacial score (nSPS) is 12.9. The molecule has 0 radical (unpaired) electrons. The second-order valence-corrected chi connectivity index (χ2v) is 8.13. The van der Waals surface area contributed by atoms with Crippen LogP contribution in [0.5, 0.6) is 11.5 Å². The van der Waals surface area contributed by atoms with E-state index in [1.165, 1.54) is 27.7 Å². The van der Waals surface area contributed by atoms with Gasteiger partial charge in [0.15, 0.2) is 0 Å². The fraction of sp³-hybridized carbons (Fsp3) is 0.400. The van der Waals surface area contributed by atoms with Crippen molar-refractivity contribution in [1.29, 1.82) is 0 Å². The lowest BCUT2D eigenvalue weighted by Crippen LogP contribution is -2.49. The zero-order valence-electron chi connectivity index (χ0n) is 19.6. The van der Waals surface area contributed by atoms with E-state index in [-0.39, 0.29) is 19.3 Å². The molecule has 0 spiro atoms. The molecule has 0 aliphatic rings. The second kappa shape index (κ2) is 11.9. The van der Waals surface area contributed by atoms with Crippen molar-refractivity contribution in [2.45, 2.75) is 65.0 Å². The molecule has 9 heteroatoms. The van der Waals surface area contributed by atoms with Crippen LogP contribution in [0.15, 0.2) is 48.5 Å². The molecule has 0 aliphatic carbocycles. The Bertz CT molecular complexity index is 937. The smallest absolute Gasteiger partial charge is 0.426 e.